The van der Waals surface area contributed by atoms with Gasteiger partial charge in [0.25, 0.3) is 0 Å². The van der Waals surface area contributed by atoms with Crippen LogP contribution in [0.4, 0.5) is 0 Å². The first-order chi connectivity index (χ1) is 7.57. The Labute approximate surface area is 104 Å². The molecule has 16 heavy (non-hydrogen) atoms. The number of hydrogen-bond acceptors (Lipinski definition) is 3. The lowest BCUT2D eigenvalue weighted by Gasteiger charge is -2.41. The summed E-state index contributed by atoms with van der Waals surface area (Å²) in [5, 5.41) is 0. The van der Waals surface area contributed by atoms with E-state index in [1.54, 1.807) is 0 Å². The lowest BCUT2D eigenvalue weighted by molar-refractivity contribution is 0.178. The van der Waals surface area contributed by atoms with Gasteiger partial charge in [-0.25, -0.2) is 0 Å². The van der Waals surface area contributed by atoms with Crippen molar-refractivity contribution in [1.82, 2.24) is 4.90 Å². The monoisotopic (exact) mass is 242 g/mol. The van der Waals surface area contributed by atoms with E-state index in [-0.39, 0.29) is 0 Å². The van der Waals surface area contributed by atoms with Gasteiger partial charge in [0.05, 0.1) is 0 Å². The summed E-state index contributed by atoms with van der Waals surface area (Å²) in [5.41, 5.74) is 6.23. The van der Waals surface area contributed by atoms with E-state index in [2.05, 4.69) is 30.5 Å². The minimum absolute atomic E-state index is 0.441. The van der Waals surface area contributed by atoms with Crippen LogP contribution in [0.15, 0.2) is 0 Å². The molecule has 1 heterocycles. The highest BCUT2D eigenvalue weighted by molar-refractivity contribution is 8.00. The molecule has 1 aliphatic heterocycles. The third-order valence-electron chi connectivity index (χ3n) is 3.97. The number of thioether (sulfide) groups is 1. The minimum Gasteiger partial charge on any atom is -0.327 e. The van der Waals surface area contributed by atoms with Crippen LogP contribution in [0.25, 0.3) is 0 Å². The Bertz CT molecular complexity index is 230. The van der Waals surface area contributed by atoms with E-state index in [0.717, 1.165) is 5.92 Å². The topological polar surface area (TPSA) is 29.3 Å². The number of nitrogens with zero attached hydrogens (tertiary/aromatic N) is 1. The molecule has 2 N–H and O–H groups in total. The first-order valence-electron chi connectivity index (χ1n) is 6.69. The average molecular weight is 242 g/mol. The van der Waals surface area contributed by atoms with Crippen molar-refractivity contribution in [2.75, 3.05) is 25.4 Å². The van der Waals surface area contributed by atoms with Crippen LogP contribution in [-0.2, 0) is 0 Å². The second-order valence-corrected chi connectivity index (χ2v) is 7.85. The number of hydrogen-bond donors (Lipinski definition) is 1. The van der Waals surface area contributed by atoms with Gasteiger partial charge in [0.2, 0.25) is 0 Å². The molecular formula is C13H26N2S. The van der Waals surface area contributed by atoms with E-state index in [4.69, 9.17) is 5.73 Å². The van der Waals surface area contributed by atoms with Gasteiger partial charge in [0, 0.05) is 36.2 Å². The third-order valence-corrected chi connectivity index (χ3v) is 5.26. The van der Waals surface area contributed by atoms with E-state index in [9.17, 15) is 0 Å². The maximum Gasteiger partial charge on any atom is 0.0231 e. The number of rotatable bonds is 2. The van der Waals surface area contributed by atoms with Gasteiger partial charge in [0.15, 0.2) is 0 Å². The van der Waals surface area contributed by atoms with Crippen LogP contribution >= 0.6 is 11.8 Å². The SMILES string of the molecule is CC1(C)CN(CC2CCCCC2N)CCS1. The van der Waals surface area contributed by atoms with Crippen LogP contribution in [-0.4, -0.2) is 41.1 Å². The molecule has 3 heteroatoms. The first-order valence-corrected chi connectivity index (χ1v) is 7.67. The molecule has 0 radical (unpaired) electrons. The predicted molar refractivity (Wildman–Crippen MR) is 72.9 cm³/mol. The summed E-state index contributed by atoms with van der Waals surface area (Å²) in [4.78, 5) is 2.65. The van der Waals surface area contributed by atoms with E-state index in [1.807, 2.05) is 0 Å². The van der Waals surface area contributed by atoms with Crippen molar-refractivity contribution >= 4 is 11.8 Å². The average Bonchev–Trinajstić information content (AvgIpc) is 2.20. The summed E-state index contributed by atoms with van der Waals surface area (Å²) in [6.45, 7) is 8.47. The van der Waals surface area contributed by atoms with Crippen molar-refractivity contribution in [2.45, 2.75) is 50.3 Å². The highest BCUT2D eigenvalue weighted by Gasteiger charge is 2.30. The van der Waals surface area contributed by atoms with Crippen LogP contribution in [0, 0.1) is 5.92 Å². The van der Waals surface area contributed by atoms with Gasteiger partial charge in [-0.2, -0.15) is 11.8 Å². The molecule has 1 saturated heterocycles. The zero-order chi connectivity index (χ0) is 11.6. The normalized spacial score (nSPS) is 36.2. The van der Waals surface area contributed by atoms with Gasteiger partial charge in [0.1, 0.15) is 0 Å². The molecule has 1 saturated carbocycles. The lowest BCUT2D eigenvalue weighted by Crippen LogP contribution is -2.48. The molecule has 0 bridgehead atoms. The van der Waals surface area contributed by atoms with Crippen molar-refractivity contribution < 1.29 is 0 Å². The molecule has 2 atom stereocenters. The number of nitrogens with two attached hydrogens (primary N) is 1. The van der Waals surface area contributed by atoms with Crippen LogP contribution in [0.1, 0.15) is 39.5 Å². The van der Waals surface area contributed by atoms with E-state index in [1.165, 1.54) is 51.1 Å². The maximum absolute atomic E-state index is 6.23. The van der Waals surface area contributed by atoms with Crippen LogP contribution in [0.5, 0.6) is 0 Å². The molecule has 0 amide bonds. The lowest BCUT2D eigenvalue weighted by atomic mass is 9.84. The Hall–Kier alpha value is 0.270. The molecule has 2 aliphatic rings. The summed E-state index contributed by atoms with van der Waals surface area (Å²) >= 11 is 2.11. The van der Waals surface area contributed by atoms with E-state index < -0.39 is 0 Å². The van der Waals surface area contributed by atoms with E-state index in [0.29, 0.717) is 10.8 Å². The van der Waals surface area contributed by atoms with Gasteiger partial charge in [-0.3, -0.25) is 0 Å². The van der Waals surface area contributed by atoms with Crippen molar-refractivity contribution in [3.8, 4) is 0 Å². The Morgan fingerprint density at radius 2 is 2.06 bits per heavy atom. The largest absolute Gasteiger partial charge is 0.327 e. The van der Waals surface area contributed by atoms with Gasteiger partial charge in [-0.05, 0) is 32.6 Å². The molecule has 2 unspecified atom stereocenters. The van der Waals surface area contributed by atoms with Gasteiger partial charge in [-0.1, -0.05) is 12.8 Å². The van der Waals surface area contributed by atoms with Crippen molar-refractivity contribution in [3.05, 3.63) is 0 Å². The minimum atomic E-state index is 0.441. The third kappa shape index (κ3) is 3.38. The molecule has 0 aromatic heterocycles. The summed E-state index contributed by atoms with van der Waals surface area (Å²) in [6.07, 6.45) is 5.34. The highest BCUT2D eigenvalue weighted by Crippen LogP contribution is 2.31. The van der Waals surface area contributed by atoms with Crippen molar-refractivity contribution in [2.24, 2.45) is 11.7 Å². The summed E-state index contributed by atoms with van der Waals surface area (Å²) in [6, 6.07) is 0.464. The molecule has 1 aliphatic carbocycles. The Morgan fingerprint density at radius 1 is 1.31 bits per heavy atom. The molecule has 2 rings (SSSR count). The van der Waals surface area contributed by atoms with Gasteiger partial charge >= 0.3 is 0 Å². The molecule has 2 fully saturated rings. The Kier molecular flexibility index (Phi) is 4.20. The summed E-state index contributed by atoms with van der Waals surface area (Å²) in [5.74, 6) is 2.04. The van der Waals surface area contributed by atoms with Gasteiger partial charge < -0.3 is 10.6 Å². The van der Waals surface area contributed by atoms with Crippen molar-refractivity contribution in [1.29, 1.82) is 0 Å². The van der Waals surface area contributed by atoms with Crippen LogP contribution < -0.4 is 5.73 Å². The second kappa shape index (κ2) is 5.28. The van der Waals surface area contributed by atoms with Gasteiger partial charge in [-0.15, -0.1) is 0 Å². The summed E-state index contributed by atoms with van der Waals surface area (Å²) in [7, 11) is 0. The molecular weight excluding hydrogens is 216 g/mol. The quantitative estimate of drug-likeness (QED) is 0.806. The zero-order valence-electron chi connectivity index (χ0n) is 10.7. The van der Waals surface area contributed by atoms with Crippen LogP contribution in [0.2, 0.25) is 0 Å². The molecule has 0 aromatic carbocycles. The maximum atomic E-state index is 6.23. The predicted octanol–water partition coefficient (Wildman–Crippen LogP) is 2.33. The fourth-order valence-corrected chi connectivity index (χ4v) is 4.24. The van der Waals surface area contributed by atoms with E-state index >= 15 is 0 Å². The van der Waals surface area contributed by atoms with Crippen LogP contribution in [0.3, 0.4) is 0 Å². The fraction of sp³-hybridized carbons (Fsp3) is 1.00. The highest BCUT2D eigenvalue weighted by atomic mass is 32.2. The standard InChI is InChI=1S/C13H26N2S/c1-13(2)10-15(7-8-16-13)9-11-5-3-4-6-12(11)14/h11-12H,3-10,14H2,1-2H3. The Balaban J connectivity index is 1.84. The van der Waals surface area contributed by atoms with Crippen molar-refractivity contribution in [3.63, 3.8) is 0 Å². The molecule has 0 spiro atoms. The fourth-order valence-electron chi connectivity index (χ4n) is 3.06. The second-order valence-electron chi connectivity index (χ2n) is 6.05. The zero-order valence-corrected chi connectivity index (χ0v) is 11.6. The molecule has 2 nitrogen and oxygen atoms in total. The first kappa shape index (κ1) is 12.7. The smallest absolute Gasteiger partial charge is 0.0231 e. The molecule has 94 valence electrons. The molecule has 0 aromatic rings. The Morgan fingerprint density at radius 3 is 2.75 bits per heavy atom. The summed E-state index contributed by atoms with van der Waals surface area (Å²) < 4.78 is 0.441.